The first kappa shape index (κ1) is 5.54. The molecule has 0 aromatic carbocycles. The smallest absolute Gasteiger partial charge is 0.274 e. The Morgan fingerprint density at radius 1 is 1.78 bits per heavy atom. The number of carbonyl (C=O) groups excluding carboxylic acids is 1. The molecule has 0 unspecified atom stereocenters. The molecule has 0 fully saturated rings. The Morgan fingerprint density at radius 2 is 2.44 bits per heavy atom. The van der Waals surface area contributed by atoms with Gasteiger partial charge in [0.15, 0.2) is 0 Å². The Bertz CT molecular complexity index is 229. The molecular weight excluding hydrogens is 124 g/mol. The van der Waals surface area contributed by atoms with Crippen LogP contribution in [0, 0.1) is 0 Å². The summed E-state index contributed by atoms with van der Waals surface area (Å²) in [6.45, 7) is 0. The zero-order valence-corrected chi connectivity index (χ0v) is 4.33. The highest BCUT2D eigenvalue weighted by molar-refractivity contribution is 5.92. The Labute approximate surface area is 49.7 Å². The predicted octanol–water partition coefficient (Wildman–Crippen LogP) is -1.39. The first-order chi connectivity index (χ1) is 4.22. The molecule has 0 radical (unpaired) electrons. The van der Waals surface area contributed by atoms with Crippen LogP contribution in [0.25, 0.3) is 0 Å². The minimum absolute atomic E-state index is 0.241. The number of carbonyl (C=O) groups is 1. The van der Waals surface area contributed by atoms with E-state index in [0.29, 0.717) is 0 Å². The van der Waals surface area contributed by atoms with Crippen molar-refractivity contribution in [3.05, 3.63) is 5.69 Å². The van der Waals surface area contributed by atoms with E-state index in [-0.39, 0.29) is 5.69 Å². The van der Waals surface area contributed by atoms with Gasteiger partial charge in [-0.15, -0.1) is 5.10 Å². The number of aromatic nitrogens is 3. The summed E-state index contributed by atoms with van der Waals surface area (Å²) in [5, 5.41) is 17.0. The molecule has 0 saturated carbocycles. The highest BCUT2D eigenvalue weighted by Gasteiger charge is 2.09. The third kappa shape index (κ3) is 0.809. The van der Waals surface area contributed by atoms with Crippen molar-refractivity contribution < 1.29 is 9.90 Å². The second-order valence-electron chi connectivity index (χ2n) is 1.37. The summed E-state index contributed by atoms with van der Waals surface area (Å²) in [6.07, 6.45) is 0. The van der Waals surface area contributed by atoms with Gasteiger partial charge in [0.05, 0.1) is 0 Å². The van der Waals surface area contributed by atoms with Crippen molar-refractivity contribution in [1.82, 2.24) is 15.4 Å². The first-order valence-corrected chi connectivity index (χ1v) is 2.11. The monoisotopic (exact) mass is 128 g/mol. The molecule has 0 aliphatic rings. The minimum atomic E-state index is -0.804. The summed E-state index contributed by atoms with van der Waals surface area (Å²) in [4.78, 5) is 10.2. The lowest BCUT2D eigenvalue weighted by Crippen LogP contribution is -2.11. The number of aromatic hydroxyl groups is 1. The SMILES string of the molecule is NC(=O)c1nn[nH]c1O. The second kappa shape index (κ2) is 1.73. The Kier molecular flexibility index (Phi) is 1.07. The molecule has 6 nitrogen and oxygen atoms in total. The van der Waals surface area contributed by atoms with E-state index in [2.05, 4.69) is 10.3 Å². The zero-order valence-electron chi connectivity index (χ0n) is 4.33. The standard InChI is InChI=1S/C3H4N4O2/c4-2(8)1-3(9)6-7-5-1/h(H2,4,8)(H2,5,6,7,9). The molecule has 0 saturated heterocycles. The van der Waals surface area contributed by atoms with Gasteiger partial charge in [-0.1, -0.05) is 5.21 Å². The van der Waals surface area contributed by atoms with E-state index in [4.69, 9.17) is 10.8 Å². The Hall–Kier alpha value is -1.59. The molecule has 4 N–H and O–H groups in total. The molecule has 48 valence electrons. The van der Waals surface area contributed by atoms with Crippen LogP contribution in [-0.4, -0.2) is 26.4 Å². The zero-order chi connectivity index (χ0) is 6.85. The van der Waals surface area contributed by atoms with Crippen LogP contribution in [0.4, 0.5) is 0 Å². The number of hydrogen-bond acceptors (Lipinski definition) is 4. The van der Waals surface area contributed by atoms with E-state index in [1.54, 1.807) is 0 Å². The van der Waals surface area contributed by atoms with Crippen LogP contribution in [0.15, 0.2) is 0 Å². The minimum Gasteiger partial charge on any atom is -0.492 e. The molecule has 0 spiro atoms. The van der Waals surface area contributed by atoms with Gasteiger partial charge in [0.25, 0.3) is 5.91 Å². The maximum Gasteiger partial charge on any atom is 0.274 e. The summed E-state index contributed by atoms with van der Waals surface area (Å²) in [5.41, 5.74) is 4.50. The van der Waals surface area contributed by atoms with Crippen LogP contribution in [0.2, 0.25) is 0 Å². The maximum absolute atomic E-state index is 10.2. The van der Waals surface area contributed by atoms with Crippen LogP contribution >= 0.6 is 0 Å². The number of hydrogen-bond donors (Lipinski definition) is 3. The van der Waals surface area contributed by atoms with Gasteiger partial charge in [0.2, 0.25) is 11.6 Å². The van der Waals surface area contributed by atoms with Crippen molar-refractivity contribution in [2.24, 2.45) is 5.73 Å². The fourth-order valence-electron chi connectivity index (χ4n) is 0.389. The van der Waals surface area contributed by atoms with Gasteiger partial charge < -0.3 is 10.8 Å². The van der Waals surface area contributed by atoms with Gasteiger partial charge in [-0.2, -0.15) is 0 Å². The summed E-state index contributed by atoms with van der Waals surface area (Å²) >= 11 is 0. The molecule has 0 aliphatic heterocycles. The van der Waals surface area contributed by atoms with Gasteiger partial charge in [-0.25, -0.2) is 5.10 Å². The van der Waals surface area contributed by atoms with Gasteiger partial charge in [-0.05, 0) is 0 Å². The Morgan fingerprint density at radius 3 is 2.67 bits per heavy atom. The number of nitrogens with one attached hydrogen (secondary N) is 1. The third-order valence-electron chi connectivity index (χ3n) is 0.764. The van der Waals surface area contributed by atoms with E-state index in [9.17, 15) is 4.79 Å². The number of H-pyrrole nitrogens is 1. The summed E-state index contributed by atoms with van der Waals surface area (Å²) in [7, 11) is 0. The highest BCUT2D eigenvalue weighted by Crippen LogP contribution is 2.04. The molecule has 0 aliphatic carbocycles. The van der Waals surface area contributed by atoms with E-state index in [1.165, 1.54) is 0 Å². The lowest BCUT2D eigenvalue weighted by molar-refractivity contribution is 0.0993. The van der Waals surface area contributed by atoms with Crippen LogP contribution in [0.5, 0.6) is 5.88 Å². The van der Waals surface area contributed by atoms with Crippen molar-refractivity contribution in [1.29, 1.82) is 0 Å². The molecule has 0 atom stereocenters. The number of nitrogens with two attached hydrogens (primary N) is 1. The predicted molar refractivity (Wildman–Crippen MR) is 26.6 cm³/mol. The van der Waals surface area contributed by atoms with Crippen molar-refractivity contribution >= 4 is 5.91 Å². The average molecular weight is 128 g/mol. The summed E-state index contributed by atoms with van der Waals surface area (Å²) in [6, 6.07) is 0. The summed E-state index contributed by atoms with van der Waals surface area (Å²) in [5.74, 6) is -1.20. The average Bonchev–Trinajstić information content (AvgIpc) is 2.13. The normalized spacial score (nSPS) is 9.33. The number of aromatic amines is 1. The number of primary amides is 1. The molecule has 1 rings (SSSR count). The van der Waals surface area contributed by atoms with Gasteiger partial charge >= 0.3 is 0 Å². The van der Waals surface area contributed by atoms with Crippen molar-refractivity contribution in [2.45, 2.75) is 0 Å². The largest absolute Gasteiger partial charge is 0.492 e. The third-order valence-corrected chi connectivity index (χ3v) is 0.764. The lowest BCUT2D eigenvalue weighted by Gasteiger charge is -1.83. The maximum atomic E-state index is 10.2. The molecular formula is C3H4N4O2. The fourth-order valence-corrected chi connectivity index (χ4v) is 0.389. The van der Waals surface area contributed by atoms with Crippen LogP contribution in [-0.2, 0) is 0 Å². The molecule has 1 heterocycles. The van der Waals surface area contributed by atoms with E-state index >= 15 is 0 Å². The molecule has 1 amide bonds. The van der Waals surface area contributed by atoms with Crippen molar-refractivity contribution in [3.63, 3.8) is 0 Å². The van der Waals surface area contributed by atoms with Crippen molar-refractivity contribution in [3.8, 4) is 5.88 Å². The molecule has 6 heteroatoms. The van der Waals surface area contributed by atoms with Gasteiger partial charge in [0, 0.05) is 0 Å². The highest BCUT2D eigenvalue weighted by atomic mass is 16.3. The summed E-state index contributed by atoms with van der Waals surface area (Å²) < 4.78 is 0. The van der Waals surface area contributed by atoms with Crippen LogP contribution in [0.3, 0.4) is 0 Å². The first-order valence-electron chi connectivity index (χ1n) is 2.11. The van der Waals surface area contributed by atoms with Crippen molar-refractivity contribution in [2.75, 3.05) is 0 Å². The quantitative estimate of drug-likeness (QED) is 0.433. The lowest BCUT2D eigenvalue weighted by atomic mass is 10.4. The number of rotatable bonds is 1. The van der Waals surface area contributed by atoms with E-state index in [0.717, 1.165) is 0 Å². The molecule has 1 aromatic rings. The number of nitrogens with zero attached hydrogens (tertiary/aromatic N) is 2. The van der Waals surface area contributed by atoms with Gasteiger partial charge in [0.1, 0.15) is 0 Å². The topological polar surface area (TPSA) is 105 Å². The van der Waals surface area contributed by atoms with Gasteiger partial charge in [-0.3, -0.25) is 4.79 Å². The fraction of sp³-hybridized carbons (Fsp3) is 0. The van der Waals surface area contributed by atoms with Crippen LogP contribution in [0.1, 0.15) is 10.5 Å². The molecule has 1 aromatic heterocycles. The van der Waals surface area contributed by atoms with Crippen LogP contribution < -0.4 is 5.73 Å². The van der Waals surface area contributed by atoms with E-state index < -0.39 is 11.8 Å². The molecule has 9 heavy (non-hydrogen) atoms. The molecule has 0 bridgehead atoms. The number of amides is 1. The Balaban J connectivity index is 3.08. The van der Waals surface area contributed by atoms with E-state index in [1.807, 2.05) is 5.10 Å². The second-order valence-corrected chi connectivity index (χ2v) is 1.37.